The topological polar surface area (TPSA) is 71.5 Å². The Labute approximate surface area is 160 Å². The predicted molar refractivity (Wildman–Crippen MR) is 102 cm³/mol. The van der Waals surface area contributed by atoms with Gasteiger partial charge in [-0.3, -0.25) is 9.59 Å². The molecule has 0 aromatic carbocycles. The summed E-state index contributed by atoms with van der Waals surface area (Å²) in [5, 5.41) is 3.33. The lowest BCUT2D eigenvalue weighted by Crippen LogP contribution is -2.46. The van der Waals surface area contributed by atoms with Crippen molar-refractivity contribution in [2.75, 3.05) is 13.1 Å². The molecule has 2 amide bonds. The Hall–Kier alpha value is -1.82. The minimum Gasteiger partial charge on any atom is -0.474 e. The fourth-order valence-electron chi connectivity index (χ4n) is 2.88. The normalized spacial score (nSPS) is 15.4. The quantitative estimate of drug-likeness (QED) is 0.820. The third-order valence-electron chi connectivity index (χ3n) is 4.18. The smallest absolute Gasteiger partial charge is 0.253 e. The minimum absolute atomic E-state index is 0.0386. The van der Waals surface area contributed by atoms with Crippen molar-refractivity contribution in [2.45, 2.75) is 59.1 Å². The predicted octanol–water partition coefficient (Wildman–Crippen LogP) is 3.29. The first-order valence-electron chi connectivity index (χ1n) is 9.17. The van der Waals surface area contributed by atoms with E-state index in [0.29, 0.717) is 41.9 Å². The highest BCUT2D eigenvalue weighted by Crippen LogP contribution is 2.23. The Balaban J connectivity index is 1.87. The summed E-state index contributed by atoms with van der Waals surface area (Å²) in [4.78, 5) is 30.6. The first kappa shape index (κ1) is 20.5. The summed E-state index contributed by atoms with van der Waals surface area (Å²) in [6.07, 6.45) is 3.52. The number of likely N-dealkylation sites (tertiary alicyclic amines) is 1. The minimum atomic E-state index is -0.206. The highest BCUT2D eigenvalue weighted by Gasteiger charge is 2.24. The second kappa shape index (κ2) is 9.21. The van der Waals surface area contributed by atoms with E-state index in [9.17, 15) is 9.59 Å². The van der Waals surface area contributed by atoms with E-state index < -0.39 is 0 Å². The maximum absolute atomic E-state index is 12.4. The Kier molecular flexibility index (Phi) is 7.26. The number of hydrogen-bond donors (Lipinski definition) is 1. The van der Waals surface area contributed by atoms with Crippen molar-refractivity contribution in [1.82, 2.24) is 15.2 Å². The maximum atomic E-state index is 12.4. The molecule has 7 heteroatoms. The Morgan fingerprint density at radius 1 is 1.31 bits per heavy atom. The number of ether oxygens (including phenoxy) is 1. The number of carbonyl (C=O) groups excluding carboxylic acids is 2. The standard InChI is InChI=1S/C19H28ClN3O3/c1-12(2)9-17(24)23-7-5-15(6-8-23)22-18(25)14-10-16(20)19(21-11-14)26-13(3)4/h10-13,15H,5-9H2,1-4H3,(H,22,25). The van der Waals surface area contributed by atoms with Gasteiger partial charge in [0.1, 0.15) is 5.02 Å². The Morgan fingerprint density at radius 2 is 1.96 bits per heavy atom. The molecule has 1 aromatic rings. The van der Waals surface area contributed by atoms with E-state index in [2.05, 4.69) is 10.3 Å². The van der Waals surface area contributed by atoms with Gasteiger partial charge in [-0.1, -0.05) is 25.4 Å². The average Bonchev–Trinajstić information content (AvgIpc) is 2.56. The van der Waals surface area contributed by atoms with E-state index in [-0.39, 0.29) is 24.0 Å². The van der Waals surface area contributed by atoms with Gasteiger partial charge in [0.05, 0.1) is 11.7 Å². The van der Waals surface area contributed by atoms with Crippen molar-refractivity contribution in [2.24, 2.45) is 5.92 Å². The summed E-state index contributed by atoms with van der Waals surface area (Å²) in [6, 6.07) is 1.62. The first-order valence-corrected chi connectivity index (χ1v) is 9.55. The molecule has 1 saturated heterocycles. The number of aromatic nitrogens is 1. The summed E-state index contributed by atoms with van der Waals surface area (Å²) in [5.74, 6) is 0.680. The van der Waals surface area contributed by atoms with Gasteiger partial charge in [-0.25, -0.2) is 4.98 Å². The van der Waals surface area contributed by atoms with Crippen LogP contribution < -0.4 is 10.1 Å². The van der Waals surface area contributed by atoms with Crippen molar-refractivity contribution in [3.05, 3.63) is 22.8 Å². The van der Waals surface area contributed by atoms with Crippen molar-refractivity contribution in [3.63, 3.8) is 0 Å². The lowest BCUT2D eigenvalue weighted by molar-refractivity contribution is -0.133. The number of rotatable bonds is 6. The summed E-state index contributed by atoms with van der Waals surface area (Å²) in [6.45, 7) is 9.21. The molecule has 2 heterocycles. The van der Waals surface area contributed by atoms with E-state index in [1.807, 2.05) is 32.6 Å². The van der Waals surface area contributed by atoms with Crippen LogP contribution in [-0.2, 0) is 4.79 Å². The Bertz CT molecular complexity index is 641. The van der Waals surface area contributed by atoms with Gasteiger partial charge >= 0.3 is 0 Å². The molecule has 1 N–H and O–H groups in total. The molecule has 1 aliphatic heterocycles. The first-order chi connectivity index (χ1) is 12.3. The van der Waals surface area contributed by atoms with Crippen LogP contribution in [0.3, 0.4) is 0 Å². The molecule has 2 rings (SSSR count). The third-order valence-corrected chi connectivity index (χ3v) is 4.45. The number of amides is 2. The van der Waals surface area contributed by atoms with Crippen LogP contribution in [0.1, 0.15) is 57.3 Å². The molecule has 26 heavy (non-hydrogen) atoms. The van der Waals surface area contributed by atoms with E-state index >= 15 is 0 Å². The van der Waals surface area contributed by atoms with Crippen LogP contribution in [0.15, 0.2) is 12.3 Å². The lowest BCUT2D eigenvalue weighted by atomic mass is 10.0. The molecule has 1 aromatic heterocycles. The van der Waals surface area contributed by atoms with Gasteiger partial charge in [0.25, 0.3) is 5.91 Å². The maximum Gasteiger partial charge on any atom is 0.253 e. The lowest BCUT2D eigenvalue weighted by Gasteiger charge is -2.32. The molecule has 0 radical (unpaired) electrons. The number of pyridine rings is 1. The SMILES string of the molecule is CC(C)CC(=O)N1CCC(NC(=O)c2cnc(OC(C)C)c(Cl)c2)CC1. The summed E-state index contributed by atoms with van der Waals surface area (Å²) < 4.78 is 5.48. The monoisotopic (exact) mass is 381 g/mol. The van der Waals surface area contributed by atoms with Gasteiger partial charge in [0, 0.05) is 31.7 Å². The summed E-state index contributed by atoms with van der Waals surface area (Å²) >= 11 is 6.14. The second-order valence-electron chi connectivity index (χ2n) is 7.40. The number of piperidine rings is 1. The average molecular weight is 382 g/mol. The molecule has 0 unspecified atom stereocenters. The number of nitrogens with one attached hydrogen (secondary N) is 1. The van der Waals surface area contributed by atoms with Gasteiger partial charge in [-0.15, -0.1) is 0 Å². The highest BCUT2D eigenvalue weighted by atomic mass is 35.5. The number of nitrogens with zero attached hydrogens (tertiary/aromatic N) is 2. The molecular weight excluding hydrogens is 354 g/mol. The van der Waals surface area contributed by atoms with E-state index in [0.717, 1.165) is 12.8 Å². The molecule has 144 valence electrons. The molecule has 1 aliphatic rings. The zero-order valence-corrected chi connectivity index (χ0v) is 16.7. The molecule has 0 atom stereocenters. The van der Waals surface area contributed by atoms with Gasteiger partial charge in [-0.2, -0.15) is 0 Å². The van der Waals surface area contributed by atoms with Crippen LogP contribution >= 0.6 is 11.6 Å². The highest BCUT2D eigenvalue weighted by molar-refractivity contribution is 6.32. The Morgan fingerprint density at radius 3 is 2.50 bits per heavy atom. The van der Waals surface area contributed by atoms with Crippen LogP contribution in [0.2, 0.25) is 5.02 Å². The number of hydrogen-bond acceptors (Lipinski definition) is 4. The van der Waals surface area contributed by atoms with E-state index in [1.54, 1.807) is 6.07 Å². The van der Waals surface area contributed by atoms with Gasteiger partial charge < -0.3 is 15.0 Å². The van der Waals surface area contributed by atoms with Crippen molar-refractivity contribution in [3.8, 4) is 5.88 Å². The van der Waals surface area contributed by atoms with Crippen LogP contribution in [-0.4, -0.2) is 46.9 Å². The van der Waals surface area contributed by atoms with Gasteiger partial charge in [0.15, 0.2) is 0 Å². The van der Waals surface area contributed by atoms with E-state index in [1.165, 1.54) is 6.20 Å². The summed E-state index contributed by atoms with van der Waals surface area (Å²) in [7, 11) is 0. The molecule has 0 bridgehead atoms. The van der Waals surface area contributed by atoms with Crippen LogP contribution in [0, 0.1) is 5.92 Å². The number of halogens is 1. The van der Waals surface area contributed by atoms with E-state index in [4.69, 9.17) is 16.3 Å². The molecular formula is C19H28ClN3O3. The molecule has 1 fully saturated rings. The fourth-order valence-corrected chi connectivity index (χ4v) is 3.09. The molecule has 0 aliphatic carbocycles. The largest absolute Gasteiger partial charge is 0.474 e. The molecule has 0 spiro atoms. The molecule has 0 saturated carbocycles. The zero-order chi connectivity index (χ0) is 19.3. The van der Waals surface area contributed by atoms with Crippen LogP contribution in [0.4, 0.5) is 0 Å². The fraction of sp³-hybridized carbons (Fsp3) is 0.632. The van der Waals surface area contributed by atoms with Crippen molar-refractivity contribution in [1.29, 1.82) is 0 Å². The third kappa shape index (κ3) is 5.87. The van der Waals surface area contributed by atoms with Crippen LogP contribution in [0.5, 0.6) is 5.88 Å². The van der Waals surface area contributed by atoms with Gasteiger partial charge in [0.2, 0.25) is 11.8 Å². The van der Waals surface area contributed by atoms with Gasteiger partial charge in [-0.05, 0) is 38.7 Å². The van der Waals surface area contributed by atoms with Crippen molar-refractivity contribution < 1.29 is 14.3 Å². The summed E-state index contributed by atoms with van der Waals surface area (Å²) in [5.41, 5.74) is 0.407. The van der Waals surface area contributed by atoms with Crippen LogP contribution in [0.25, 0.3) is 0 Å². The second-order valence-corrected chi connectivity index (χ2v) is 7.81. The molecule has 6 nitrogen and oxygen atoms in total. The van der Waals surface area contributed by atoms with Crippen molar-refractivity contribution >= 4 is 23.4 Å². The zero-order valence-electron chi connectivity index (χ0n) is 15.9. The number of carbonyl (C=O) groups is 2.